The first-order valence-electron chi connectivity index (χ1n) is 6.73. The maximum atomic E-state index is 4.35. The highest BCUT2D eigenvalue weighted by Gasteiger charge is 2.11. The monoisotopic (exact) mass is 268 g/mol. The van der Waals surface area contributed by atoms with Gasteiger partial charge in [-0.2, -0.15) is 0 Å². The van der Waals surface area contributed by atoms with Crippen LogP contribution in [0.15, 0.2) is 42.5 Å². The molecule has 2 aromatic heterocycles. The van der Waals surface area contributed by atoms with E-state index in [1.54, 1.807) is 0 Å². The molecule has 0 aliphatic heterocycles. The summed E-state index contributed by atoms with van der Waals surface area (Å²) in [7, 11) is 0. The molecule has 2 heterocycles. The molecule has 1 atom stereocenters. The summed E-state index contributed by atoms with van der Waals surface area (Å²) in [6.07, 6.45) is 2.14. The van der Waals surface area contributed by atoms with Crippen molar-refractivity contribution in [2.45, 2.75) is 25.8 Å². The number of anilines is 1. The van der Waals surface area contributed by atoms with Gasteiger partial charge in [-0.1, -0.05) is 43.7 Å². The van der Waals surface area contributed by atoms with Gasteiger partial charge in [0, 0.05) is 0 Å². The second-order valence-electron chi connectivity index (χ2n) is 4.64. The Balaban J connectivity index is 1.85. The smallest absolute Gasteiger partial charge is 0.200 e. The highest BCUT2D eigenvalue weighted by Crippen LogP contribution is 2.22. The zero-order valence-electron chi connectivity index (χ0n) is 11.3. The number of tetrazole rings is 1. The predicted molar refractivity (Wildman–Crippen MR) is 76.3 cm³/mol. The third kappa shape index (κ3) is 2.59. The van der Waals surface area contributed by atoms with Crippen LogP contribution in [0.1, 0.15) is 31.4 Å². The quantitative estimate of drug-likeness (QED) is 0.770. The Hall–Kier alpha value is -2.50. The fourth-order valence-corrected chi connectivity index (χ4v) is 2.20. The van der Waals surface area contributed by atoms with Crippen molar-refractivity contribution in [2.24, 2.45) is 0 Å². The molecule has 3 aromatic rings. The Morgan fingerprint density at radius 1 is 1.15 bits per heavy atom. The molecule has 0 aliphatic carbocycles. The molecule has 1 N–H and O–H groups in total. The van der Waals surface area contributed by atoms with Gasteiger partial charge in [-0.15, -0.1) is 14.8 Å². The molecule has 0 saturated carbocycles. The van der Waals surface area contributed by atoms with E-state index in [2.05, 4.69) is 57.1 Å². The molecular formula is C14H16N6. The standard InChI is InChI=1S/C14H16N6/c1-2-6-12(11-7-4-3-5-8-11)15-13-9-10-14-16-18-19-20(14)17-13/h3-5,7-10,12H,2,6H2,1H3,(H,15,17)/t12-/m0/s1. The van der Waals surface area contributed by atoms with Crippen LogP contribution in [-0.4, -0.2) is 25.3 Å². The van der Waals surface area contributed by atoms with Crippen molar-refractivity contribution >= 4 is 11.5 Å². The minimum Gasteiger partial charge on any atom is -0.362 e. The summed E-state index contributed by atoms with van der Waals surface area (Å²) in [4.78, 5) is 0. The Morgan fingerprint density at radius 2 is 2.00 bits per heavy atom. The number of fused-ring (bicyclic) bond motifs is 1. The molecule has 3 rings (SSSR count). The second-order valence-corrected chi connectivity index (χ2v) is 4.64. The molecule has 0 fully saturated rings. The number of aromatic nitrogens is 5. The number of hydrogen-bond acceptors (Lipinski definition) is 5. The van der Waals surface area contributed by atoms with Gasteiger partial charge in [-0.25, -0.2) is 0 Å². The first-order valence-corrected chi connectivity index (χ1v) is 6.73. The zero-order chi connectivity index (χ0) is 13.8. The fraction of sp³-hybridized carbons (Fsp3) is 0.286. The predicted octanol–water partition coefficient (Wildman–Crippen LogP) is 2.47. The van der Waals surface area contributed by atoms with E-state index in [1.807, 2.05) is 18.2 Å². The Morgan fingerprint density at radius 3 is 2.80 bits per heavy atom. The zero-order valence-corrected chi connectivity index (χ0v) is 11.3. The van der Waals surface area contributed by atoms with Gasteiger partial charge in [0.2, 0.25) is 0 Å². The van der Waals surface area contributed by atoms with Gasteiger partial charge in [-0.05, 0) is 34.5 Å². The van der Waals surface area contributed by atoms with E-state index in [-0.39, 0.29) is 6.04 Å². The number of nitrogens with zero attached hydrogens (tertiary/aromatic N) is 5. The summed E-state index contributed by atoms with van der Waals surface area (Å²) in [5, 5.41) is 19.0. The minimum atomic E-state index is 0.239. The Bertz CT molecular complexity index is 678. The van der Waals surface area contributed by atoms with E-state index < -0.39 is 0 Å². The van der Waals surface area contributed by atoms with Crippen LogP contribution in [0.5, 0.6) is 0 Å². The highest BCUT2D eigenvalue weighted by molar-refractivity contribution is 5.43. The molecule has 0 amide bonds. The summed E-state index contributed by atoms with van der Waals surface area (Å²) in [6.45, 7) is 2.18. The average Bonchev–Trinajstić information content (AvgIpc) is 2.95. The van der Waals surface area contributed by atoms with Crippen molar-refractivity contribution in [1.82, 2.24) is 25.3 Å². The maximum Gasteiger partial charge on any atom is 0.200 e. The van der Waals surface area contributed by atoms with Gasteiger partial charge >= 0.3 is 0 Å². The SMILES string of the molecule is CCC[C@H](Nc1ccc2nnnn2n1)c1ccccc1. The van der Waals surface area contributed by atoms with E-state index in [4.69, 9.17) is 0 Å². The van der Waals surface area contributed by atoms with E-state index >= 15 is 0 Å². The lowest BCUT2D eigenvalue weighted by Crippen LogP contribution is -2.12. The van der Waals surface area contributed by atoms with Gasteiger partial charge in [0.05, 0.1) is 6.04 Å². The summed E-state index contributed by atoms with van der Waals surface area (Å²) >= 11 is 0. The van der Waals surface area contributed by atoms with Gasteiger partial charge in [0.15, 0.2) is 5.65 Å². The third-order valence-corrected chi connectivity index (χ3v) is 3.17. The molecule has 6 nitrogen and oxygen atoms in total. The van der Waals surface area contributed by atoms with Crippen LogP contribution in [0.2, 0.25) is 0 Å². The van der Waals surface area contributed by atoms with Gasteiger partial charge < -0.3 is 5.32 Å². The molecule has 0 saturated heterocycles. The second kappa shape index (κ2) is 5.64. The van der Waals surface area contributed by atoms with E-state index in [0.717, 1.165) is 18.7 Å². The highest BCUT2D eigenvalue weighted by atomic mass is 15.6. The first kappa shape index (κ1) is 12.5. The summed E-state index contributed by atoms with van der Waals surface area (Å²) < 4.78 is 1.43. The van der Waals surface area contributed by atoms with Crippen LogP contribution in [-0.2, 0) is 0 Å². The molecule has 0 aliphatic rings. The van der Waals surface area contributed by atoms with Crippen molar-refractivity contribution in [3.63, 3.8) is 0 Å². The lowest BCUT2D eigenvalue weighted by atomic mass is 10.0. The van der Waals surface area contributed by atoms with Crippen LogP contribution in [0.3, 0.4) is 0 Å². The number of hydrogen-bond donors (Lipinski definition) is 1. The summed E-state index contributed by atoms with van der Waals surface area (Å²) in [5.74, 6) is 0.770. The molecule has 0 spiro atoms. The lowest BCUT2D eigenvalue weighted by molar-refractivity contribution is 0.664. The topological polar surface area (TPSA) is 68.0 Å². The van der Waals surface area contributed by atoms with E-state index in [0.29, 0.717) is 5.65 Å². The first-order chi connectivity index (χ1) is 9.86. The van der Waals surface area contributed by atoms with Crippen molar-refractivity contribution in [3.05, 3.63) is 48.0 Å². The Kier molecular flexibility index (Phi) is 3.54. The van der Waals surface area contributed by atoms with Crippen LogP contribution in [0.25, 0.3) is 5.65 Å². The van der Waals surface area contributed by atoms with Crippen LogP contribution < -0.4 is 5.32 Å². The van der Waals surface area contributed by atoms with Crippen molar-refractivity contribution < 1.29 is 0 Å². The number of benzene rings is 1. The summed E-state index contributed by atoms with van der Waals surface area (Å²) in [5.41, 5.74) is 1.90. The van der Waals surface area contributed by atoms with Crippen molar-refractivity contribution in [3.8, 4) is 0 Å². The average molecular weight is 268 g/mol. The van der Waals surface area contributed by atoms with Gasteiger partial charge in [-0.3, -0.25) is 0 Å². The van der Waals surface area contributed by atoms with Crippen LogP contribution in [0.4, 0.5) is 5.82 Å². The molecule has 0 radical (unpaired) electrons. The van der Waals surface area contributed by atoms with Gasteiger partial charge in [0.25, 0.3) is 0 Å². The molecule has 102 valence electrons. The van der Waals surface area contributed by atoms with Crippen molar-refractivity contribution in [1.29, 1.82) is 0 Å². The minimum absolute atomic E-state index is 0.239. The lowest BCUT2D eigenvalue weighted by Gasteiger charge is -2.18. The van der Waals surface area contributed by atoms with Crippen LogP contribution in [0, 0.1) is 0 Å². The van der Waals surface area contributed by atoms with E-state index in [9.17, 15) is 0 Å². The van der Waals surface area contributed by atoms with Crippen LogP contribution >= 0.6 is 0 Å². The molecule has 20 heavy (non-hydrogen) atoms. The number of nitrogens with one attached hydrogen (secondary N) is 1. The third-order valence-electron chi connectivity index (χ3n) is 3.17. The Labute approximate surface area is 116 Å². The van der Waals surface area contributed by atoms with E-state index in [1.165, 1.54) is 10.2 Å². The normalized spacial score (nSPS) is 12.4. The molecule has 0 unspecified atom stereocenters. The molecular weight excluding hydrogens is 252 g/mol. The fourth-order valence-electron chi connectivity index (χ4n) is 2.20. The largest absolute Gasteiger partial charge is 0.362 e. The molecule has 6 heteroatoms. The maximum absolute atomic E-state index is 4.35. The summed E-state index contributed by atoms with van der Waals surface area (Å²) in [6, 6.07) is 14.4. The molecule has 0 bridgehead atoms. The van der Waals surface area contributed by atoms with Crippen molar-refractivity contribution in [2.75, 3.05) is 5.32 Å². The molecule has 1 aromatic carbocycles. The van der Waals surface area contributed by atoms with Gasteiger partial charge in [0.1, 0.15) is 5.82 Å². The number of rotatable bonds is 5.